The molecule has 0 aliphatic rings. The van der Waals surface area contributed by atoms with Gasteiger partial charge in [0.1, 0.15) is 0 Å². The van der Waals surface area contributed by atoms with Gasteiger partial charge in [0.25, 0.3) is 0 Å². The molecule has 0 aromatic heterocycles. The lowest BCUT2D eigenvalue weighted by atomic mass is 10.2. The highest BCUT2D eigenvalue weighted by Crippen LogP contribution is 2.08. The first kappa shape index (κ1) is 7.09. The van der Waals surface area contributed by atoms with Crippen LogP contribution in [-0.4, -0.2) is 0 Å². The van der Waals surface area contributed by atoms with Crippen LogP contribution in [0.2, 0.25) is 0 Å². The Morgan fingerprint density at radius 2 is 1.86 bits per heavy atom. The van der Waals surface area contributed by atoms with Gasteiger partial charge in [-0.15, -0.1) is 12.6 Å². The first-order chi connectivity index (χ1) is 3.18. The zero-order chi connectivity index (χ0) is 5.86. The van der Waals surface area contributed by atoms with Crippen molar-refractivity contribution >= 4 is 12.6 Å². The molecule has 1 heteroatoms. The van der Waals surface area contributed by atoms with Crippen LogP contribution >= 0.6 is 12.6 Å². The van der Waals surface area contributed by atoms with Crippen LogP contribution in [0.15, 0.2) is 10.5 Å². The van der Waals surface area contributed by atoms with E-state index in [0.29, 0.717) is 0 Å². The van der Waals surface area contributed by atoms with E-state index in [1.54, 1.807) is 0 Å². The second-order valence-electron chi connectivity index (χ2n) is 1.72. The molecule has 7 heavy (non-hydrogen) atoms. The molecule has 0 unspecified atom stereocenters. The second kappa shape index (κ2) is 3.14. The minimum absolute atomic E-state index is 1.12. The summed E-state index contributed by atoms with van der Waals surface area (Å²) in [6, 6.07) is 0. The van der Waals surface area contributed by atoms with E-state index in [1.165, 1.54) is 5.57 Å². The Morgan fingerprint density at radius 3 is 1.86 bits per heavy atom. The highest BCUT2D eigenvalue weighted by atomic mass is 32.1. The molecule has 0 spiro atoms. The third kappa shape index (κ3) is 2.75. The van der Waals surface area contributed by atoms with Gasteiger partial charge >= 0.3 is 0 Å². The molecule has 0 aliphatic heterocycles. The minimum Gasteiger partial charge on any atom is -0.148 e. The van der Waals surface area contributed by atoms with Crippen LogP contribution < -0.4 is 0 Å². The van der Waals surface area contributed by atoms with E-state index in [9.17, 15) is 0 Å². The van der Waals surface area contributed by atoms with E-state index >= 15 is 0 Å². The number of hydrogen-bond acceptors (Lipinski definition) is 1. The topological polar surface area (TPSA) is 0 Å². The van der Waals surface area contributed by atoms with E-state index in [4.69, 9.17) is 0 Å². The molecule has 0 saturated heterocycles. The molecule has 0 N–H and O–H groups in total. The third-order valence-electron chi connectivity index (χ3n) is 1.15. The lowest BCUT2D eigenvalue weighted by Gasteiger charge is -1.93. The summed E-state index contributed by atoms with van der Waals surface area (Å²) in [5, 5.41) is 0. The monoisotopic (exact) mass is 116 g/mol. The van der Waals surface area contributed by atoms with Gasteiger partial charge in [-0.1, -0.05) is 12.5 Å². The van der Waals surface area contributed by atoms with Crippen molar-refractivity contribution < 1.29 is 0 Å². The molecule has 0 amide bonds. The van der Waals surface area contributed by atoms with Crippen molar-refractivity contribution in [3.8, 4) is 0 Å². The fraction of sp³-hybridized carbons (Fsp3) is 0.667. The summed E-state index contributed by atoms with van der Waals surface area (Å²) in [6.07, 6.45) is 1.12. The maximum atomic E-state index is 4.15. The van der Waals surface area contributed by atoms with Crippen LogP contribution in [0.25, 0.3) is 0 Å². The van der Waals surface area contributed by atoms with Gasteiger partial charge in [0.2, 0.25) is 0 Å². The van der Waals surface area contributed by atoms with E-state index in [2.05, 4.69) is 26.5 Å². The van der Waals surface area contributed by atoms with E-state index in [-0.39, 0.29) is 0 Å². The Hall–Kier alpha value is 0.0900. The summed E-state index contributed by atoms with van der Waals surface area (Å²) < 4.78 is 0. The van der Waals surface area contributed by atoms with E-state index in [0.717, 1.165) is 11.3 Å². The van der Waals surface area contributed by atoms with Crippen molar-refractivity contribution in [3.05, 3.63) is 10.5 Å². The molecule has 42 valence electrons. The number of hydrogen-bond donors (Lipinski definition) is 1. The Kier molecular flexibility index (Phi) is 3.18. The fourth-order valence-electron chi connectivity index (χ4n) is 0.256. The predicted octanol–water partition coefficient (Wildman–Crippen LogP) is 2.62. The van der Waals surface area contributed by atoms with Crippen molar-refractivity contribution in [1.82, 2.24) is 0 Å². The molecule has 0 aromatic rings. The van der Waals surface area contributed by atoms with Gasteiger partial charge in [0.15, 0.2) is 0 Å². The Balaban J connectivity index is 3.72. The minimum atomic E-state index is 1.12. The molecule has 0 nitrogen and oxygen atoms in total. The van der Waals surface area contributed by atoms with Crippen molar-refractivity contribution in [1.29, 1.82) is 0 Å². The largest absolute Gasteiger partial charge is 0.148 e. The number of thiol groups is 1. The van der Waals surface area contributed by atoms with Crippen molar-refractivity contribution in [2.24, 2.45) is 0 Å². The molecular formula is C6H12S. The molecule has 0 saturated carbocycles. The van der Waals surface area contributed by atoms with Crippen molar-refractivity contribution in [2.45, 2.75) is 27.2 Å². The molecule has 0 radical (unpaired) electrons. The Morgan fingerprint density at radius 1 is 1.43 bits per heavy atom. The van der Waals surface area contributed by atoms with Crippen molar-refractivity contribution in [3.63, 3.8) is 0 Å². The number of rotatable bonds is 1. The Bertz CT molecular complexity index is 78.2. The fourth-order valence-corrected chi connectivity index (χ4v) is 0.414. The van der Waals surface area contributed by atoms with Crippen molar-refractivity contribution in [2.75, 3.05) is 0 Å². The normalized spacial score (nSPS) is 13.7. The molecule has 0 fully saturated rings. The van der Waals surface area contributed by atoms with Crippen LogP contribution in [0.3, 0.4) is 0 Å². The average Bonchev–Trinajstić information content (AvgIpc) is 1.65. The Labute approximate surface area is 51.0 Å². The first-order valence-corrected chi connectivity index (χ1v) is 2.98. The summed E-state index contributed by atoms with van der Waals surface area (Å²) in [5.41, 5.74) is 1.38. The van der Waals surface area contributed by atoms with E-state index in [1.807, 2.05) is 6.92 Å². The van der Waals surface area contributed by atoms with Gasteiger partial charge < -0.3 is 0 Å². The standard InChI is InChI=1S/C6H12S/c1-4-5(2)6(3)7/h7H,4H2,1-3H3. The summed E-state index contributed by atoms with van der Waals surface area (Å²) in [7, 11) is 0. The molecule has 0 rings (SSSR count). The van der Waals surface area contributed by atoms with E-state index < -0.39 is 0 Å². The lowest BCUT2D eigenvalue weighted by molar-refractivity contribution is 1.09. The molecular weight excluding hydrogens is 104 g/mol. The summed E-state index contributed by atoms with van der Waals surface area (Å²) in [5.74, 6) is 0. The number of allylic oxidation sites excluding steroid dienone is 2. The lowest BCUT2D eigenvalue weighted by Crippen LogP contribution is -1.71. The molecule has 0 aliphatic carbocycles. The van der Waals surface area contributed by atoms with Crippen LogP contribution in [0.4, 0.5) is 0 Å². The smallest absolute Gasteiger partial charge is 0.0226 e. The van der Waals surface area contributed by atoms with Gasteiger partial charge in [0, 0.05) is 0 Å². The molecule has 0 aromatic carbocycles. The third-order valence-corrected chi connectivity index (χ3v) is 1.53. The summed E-state index contributed by atoms with van der Waals surface area (Å²) >= 11 is 4.15. The first-order valence-electron chi connectivity index (χ1n) is 2.53. The maximum Gasteiger partial charge on any atom is -0.0226 e. The predicted molar refractivity (Wildman–Crippen MR) is 37.7 cm³/mol. The van der Waals surface area contributed by atoms with Crippen LogP contribution in [-0.2, 0) is 0 Å². The maximum absolute atomic E-state index is 4.15. The van der Waals surface area contributed by atoms with Crippen LogP contribution in [0.5, 0.6) is 0 Å². The van der Waals surface area contributed by atoms with Gasteiger partial charge in [-0.05, 0) is 25.2 Å². The highest BCUT2D eigenvalue weighted by Gasteiger charge is 1.83. The van der Waals surface area contributed by atoms with Gasteiger partial charge in [-0.25, -0.2) is 0 Å². The van der Waals surface area contributed by atoms with Crippen LogP contribution in [0, 0.1) is 0 Å². The molecule has 0 atom stereocenters. The highest BCUT2D eigenvalue weighted by molar-refractivity contribution is 7.84. The van der Waals surface area contributed by atoms with Gasteiger partial charge in [-0.2, -0.15) is 0 Å². The zero-order valence-corrected chi connectivity index (χ0v) is 6.05. The average molecular weight is 116 g/mol. The SMILES string of the molecule is CCC(C)=C(C)S. The quantitative estimate of drug-likeness (QED) is 0.500. The van der Waals surface area contributed by atoms with Crippen LogP contribution in [0.1, 0.15) is 27.2 Å². The molecule has 0 heterocycles. The summed E-state index contributed by atoms with van der Waals surface area (Å²) in [4.78, 5) is 1.16. The molecule has 0 bridgehead atoms. The second-order valence-corrected chi connectivity index (χ2v) is 2.39. The van der Waals surface area contributed by atoms with Gasteiger partial charge in [-0.3, -0.25) is 0 Å². The zero-order valence-electron chi connectivity index (χ0n) is 5.15. The van der Waals surface area contributed by atoms with Gasteiger partial charge in [0.05, 0.1) is 0 Å². The summed E-state index contributed by atoms with van der Waals surface area (Å²) in [6.45, 7) is 6.25.